The molecule has 130 valence electrons. The Morgan fingerprint density at radius 1 is 1.38 bits per heavy atom. The number of carbonyl (C=O) groups excluding carboxylic acids is 2. The first-order chi connectivity index (χ1) is 11.6. The summed E-state index contributed by atoms with van der Waals surface area (Å²) in [5.74, 6) is 0.610. The lowest BCUT2D eigenvalue weighted by Gasteiger charge is -2.43. The van der Waals surface area contributed by atoms with E-state index < -0.39 is 0 Å². The van der Waals surface area contributed by atoms with E-state index in [4.69, 9.17) is 0 Å². The summed E-state index contributed by atoms with van der Waals surface area (Å²) in [5.41, 5.74) is 0.542. The van der Waals surface area contributed by atoms with Crippen molar-refractivity contribution in [3.05, 3.63) is 12.4 Å². The van der Waals surface area contributed by atoms with Gasteiger partial charge in [-0.2, -0.15) is 5.10 Å². The van der Waals surface area contributed by atoms with Crippen LogP contribution in [-0.4, -0.2) is 59.2 Å². The number of nitrogens with zero attached hydrogens (tertiary/aromatic N) is 4. The quantitative estimate of drug-likeness (QED) is 0.850. The molecule has 1 aromatic rings. The molecule has 3 fully saturated rings. The highest BCUT2D eigenvalue weighted by molar-refractivity contribution is 5.98. The normalized spacial score (nSPS) is 30.5. The van der Waals surface area contributed by atoms with Crippen molar-refractivity contribution in [1.29, 1.82) is 0 Å². The summed E-state index contributed by atoms with van der Waals surface area (Å²) in [6.45, 7) is 3.05. The Kier molecular flexibility index (Phi) is 3.83. The van der Waals surface area contributed by atoms with E-state index in [0.29, 0.717) is 19.0 Å². The number of hydrogen-bond donors (Lipinski definition) is 1. The van der Waals surface area contributed by atoms with Crippen molar-refractivity contribution in [3.8, 4) is 0 Å². The highest BCUT2D eigenvalue weighted by Gasteiger charge is 2.52. The third-order valence-corrected chi connectivity index (χ3v) is 5.97. The van der Waals surface area contributed by atoms with Gasteiger partial charge >= 0.3 is 0 Å². The van der Waals surface area contributed by atoms with E-state index in [9.17, 15) is 9.59 Å². The van der Waals surface area contributed by atoms with Crippen LogP contribution in [0.3, 0.4) is 0 Å². The van der Waals surface area contributed by atoms with Gasteiger partial charge in [0.2, 0.25) is 11.8 Å². The van der Waals surface area contributed by atoms with E-state index in [0.717, 1.165) is 38.0 Å². The zero-order valence-electron chi connectivity index (χ0n) is 14.2. The fourth-order valence-corrected chi connectivity index (χ4v) is 4.65. The maximum Gasteiger partial charge on any atom is 0.246 e. The fraction of sp³-hybridized carbons (Fsp3) is 0.706. The van der Waals surface area contributed by atoms with Crippen LogP contribution in [0.4, 0.5) is 5.69 Å². The molecular formula is C17H25N5O2. The number of anilines is 1. The number of aryl methyl sites for hydroxylation is 1. The molecule has 2 atom stereocenters. The van der Waals surface area contributed by atoms with Gasteiger partial charge in [-0.05, 0) is 25.3 Å². The van der Waals surface area contributed by atoms with Gasteiger partial charge in [0.15, 0.2) is 0 Å². The third kappa shape index (κ3) is 2.42. The summed E-state index contributed by atoms with van der Waals surface area (Å²) < 4.78 is 1.69. The van der Waals surface area contributed by atoms with Gasteiger partial charge in [0, 0.05) is 32.9 Å². The second-order valence-electron chi connectivity index (χ2n) is 7.37. The topological polar surface area (TPSA) is 70.5 Å². The Bertz CT molecular complexity index is 657. The van der Waals surface area contributed by atoms with Gasteiger partial charge in [-0.15, -0.1) is 0 Å². The van der Waals surface area contributed by atoms with Crippen molar-refractivity contribution in [2.75, 3.05) is 37.6 Å². The van der Waals surface area contributed by atoms with Crippen molar-refractivity contribution >= 4 is 17.5 Å². The Hall–Kier alpha value is -1.89. The molecule has 24 heavy (non-hydrogen) atoms. The second kappa shape index (κ2) is 5.88. The largest absolute Gasteiger partial charge is 0.331 e. The van der Waals surface area contributed by atoms with Gasteiger partial charge in [-0.25, -0.2) is 0 Å². The van der Waals surface area contributed by atoms with Crippen LogP contribution in [-0.2, 0) is 16.6 Å². The van der Waals surface area contributed by atoms with Gasteiger partial charge in [-0.3, -0.25) is 14.3 Å². The molecule has 2 amide bonds. The number of rotatable bonds is 2. The van der Waals surface area contributed by atoms with Gasteiger partial charge in [0.1, 0.15) is 6.54 Å². The third-order valence-electron chi connectivity index (χ3n) is 5.97. The molecule has 1 N–H and O–H groups in total. The minimum Gasteiger partial charge on any atom is -0.331 e. The van der Waals surface area contributed by atoms with E-state index in [1.54, 1.807) is 20.7 Å². The average Bonchev–Trinajstić information content (AvgIpc) is 3.20. The first kappa shape index (κ1) is 15.6. The predicted octanol–water partition coefficient (Wildman–Crippen LogP) is 0.375. The molecule has 7 heteroatoms. The zero-order chi connectivity index (χ0) is 16.7. The summed E-state index contributed by atoms with van der Waals surface area (Å²) in [6.07, 6.45) is 7.96. The number of carbonyl (C=O) groups is 2. The number of nitrogens with one attached hydrogen (secondary N) is 1. The van der Waals surface area contributed by atoms with E-state index in [1.165, 1.54) is 6.42 Å². The minimum atomic E-state index is -0.269. The molecule has 0 bridgehead atoms. The number of hydrogen-bond acceptors (Lipinski definition) is 4. The molecule has 1 saturated carbocycles. The molecule has 7 nitrogen and oxygen atoms in total. The van der Waals surface area contributed by atoms with Crippen LogP contribution < -0.4 is 10.2 Å². The maximum absolute atomic E-state index is 13.2. The number of aromatic nitrogens is 2. The van der Waals surface area contributed by atoms with Gasteiger partial charge in [-0.1, -0.05) is 12.8 Å². The lowest BCUT2D eigenvalue weighted by molar-refractivity contribution is -0.148. The Morgan fingerprint density at radius 2 is 2.25 bits per heavy atom. The first-order valence-corrected chi connectivity index (χ1v) is 8.89. The van der Waals surface area contributed by atoms with Crippen molar-refractivity contribution in [1.82, 2.24) is 20.0 Å². The lowest BCUT2D eigenvalue weighted by atomic mass is 9.67. The summed E-state index contributed by atoms with van der Waals surface area (Å²) in [4.78, 5) is 29.3. The van der Waals surface area contributed by atoms with Crippen LogP contribution in [0.5, 0.6) is 0 Å². The van der Waals surface area contributed by atoms with E-state index in [1.807, 2.05) is 13.2 Å². The molecule has 3 heterocycles. The summed E-state index contributed by atoms with van der Waals surface area (Å²) in [6, 6.07) is 0. The van der Waals surface area contributed by atoms with Crippen LogP contribution in [0.1, 0.15) is 25.7 Å². The van der Waals surface area contributed by atoms with Crippen molar-refractivity contribution in [3.63, 3.8) is 0 Å². The molecule has 1 aliphatic carbocycles. The van der Waals surface area contributed by atoms with E-state index in [-0.39, 0.29) is 23.8 Å². The van der Waals surface area contributed by atoms with Crippen molar-refractivity contribution in [2.24, 2.45) is 18.4 Å². The second-order valence-corrected chi connectivity index (χ2v) is 7.37. The Labute approximate surface area is 142 Å². The lowest BCUT2D eigenvalue weighted by Crippen LogP contribution is -2.58. The average molecular weight is 331 g/mol. The monoisotopic (exact) mass is 331 g/mol. The minimum absolute atomic E-state index is 0.0164. The fourth-order valence-electron chi connectivity index (χ4n) is 4.65. The zero-order valence-corrected chi connectivity index (χ0v) is 14.2. The van der Waals surface area contributed by atoms with Crippen LogP contribution in [0, 0.1) is 11.3 Å². The number of fused-ring (bicyclic) bond motifs is 1. The summed E-state index contributed by atoms with van der Waals surface area (Å²) >= 11 is 0. The van der Waals surface area contributed by atoms with Crippen molar-refractivity contribution in [2.45, 2.75) is 25.7 Å². The Morgan fingerprint density at radius 3 is 3.00 bits per heavy atom. The van der Waals surface area contributed by atoms with Crippen LogP contribution in [0.2, 0.25) is 0 Å². The summed E-state index contributed by atoms with van der Waals surface area (Å²) in [5, 5.41) is 7.55. The smallest absolute Gasteiger partial charge is 0.246 e. The van der Waals surface area contributed by atoms with Crippen LogP contribution >= 0.6 is 0 Å². The summed E-state index contributed by atoms with van der Waals surface area (Å²) in [7, 11) is 1.84. The van der Waals surface area contributed by atoms with Crippen LogP contribution in [0.15, 0.2) is 12.4 Å². The van der Waals surface area contributed by atoms with Gasteiger partial charge < -0.3 is 15.1 Å². The first-order valence-electron chi connectivity index (χ1n) is 8.89. The van der Waals surface area contributed by atoms with Gasteiger partial charge in [0.05, 0.1) is 17.3 Å². The molecule has 1 aromatic heterocycles. The number of amides is 2. The molecule has 0 aromatic carbocycles. The highest BCUT2D eigenvalue weighted by atomic mass is 16.2. The predicted molar refractivity (Wildman–Crippen MR) is 89.4 cm³/mol. The molecule has 0 spiro atoms. The molecule has 2 aliphatic heterocycles. The van der Waals surface area contributed by atoms with Crippen molar-refractivity contribution < 1.29 is 9.59 Å². The Balaban J connectivity index is 1.48. The van der Waals surface area contributed by atoms with Gasteiger partial charge in [0.25, 0.3) is 0 Å². The SMILES string of the molecule is Cn1cc(N2CCN(C(=O)[C@@]34CCCC[C@H]3CNC4)CC2=O)cn1. The molecule has 0 radical (unpaired) electrons. The highest BCUT2D eigenvalue weighted by Crippen LogP contribution is 2.45. The molecule has 4 rings (SSSR count). The molecule has 3 aliphatic rings. The van der Waals surface area contributed by atoms with E-state index >= 15 is 0 Å². The molecular weight excluding hydrogens is 306 g/mol. The molecule has 0 unspecified atom stereocenters. The maximum atomic E-state index is 13.2. The van der Waals surface area contributed by atoms with E-state index in [2.05, 4.69) is 10.4 Å². The standard InChI is InChI=1S/C17H25N5O2/c1-20-10-14(9-19-20)22-7-6-21(11-15(22)23)16(24)17-5-3-2-4-13(17)8-18-12-17/h9-10,13,18H,2-8,11-12H2,1H3/t13-,17+/m0/s1. The molecule has 2 saturated heterocycles. The number of piperazine rings is 1. The van der Waals surface area contributed by atoms with Crippen LogP contribution in [0.25, 0.3) is 0 Å².